The topological polar surface area (TPSA) is 61.9 Å². The van der Waals surface area contributed by atoms with E-state index in [1.807, 2.05) is 6.07 Å². The van der Waals surface area contributed by atoms with Gasteiger partial charge in [-0.15, -0.1) is 0 Å². The van der Waals surface area contributed by atoms with Gasteiger partial charge in [0.15, 0.2) is 0 Å². The van der Waals surface area contributed by atoms with Gasteiger partial charge in [0.2, 0.25) is 5.91 Å². The molecule has 6 nitrogen and oxygen atoms in total. The van der Waals surface area contributed by atoms with Gasteiger partial charge in [0.1, 0.15) is 0 Å². The van der Waals surface area contributed by atoms with E-state index in [1.165, 1.54) is 32.1 Å². The Balaban J connectivity index is 1.29. The summed E-state index contributed by atoms with van der Waals surface area (Å²) in [6.45, 7) is 2.27. The minimum absolute atomic E-state index is 0.0555. The Morgan fingerprint density at radius 3 is 2.52 bits per heavy atom. The summed E-state index contributed by atoms with van der Waals surface area (Å²) in [5.74, 6) is 0.677. The van der Waals surface area contributed by atoms with Crippen molar-refractivity contribution in [3.8, 4) is 0 Å². The summed E-state index contributed by atoms with van der Waals surface area (Å²) < 4.78 is 5.07. The maximum Gasteiger partial charge on any atom is 0.310 e. The smallest absolute Gasteiger partial charge is 0.310 e. The molecule has 4 rings (SSSR count). The third-order valence-electron chi connectivity index (χ3n) is 7.89. The third-order valence-corrected chi connectivity index (χ3v) is 7.89. The fourth-order valence-corrected chi connectivity index (χ4v) is 6.15. The van der Waals surface area contributed by atoms with Gasteiger partial charge in [-0.3, -0.25) is 14.5 Å². The van der Waals surface area contributed by atoms with E-state index < -0.39 is 0 Å². The molecule has 1 saturated heterocycles. The number of esters is 1. The molecule has 0 bridgehead atoms. The van der Waals surface area contributed by atoms with Gasteiger partial charge >= 0.3 is 5.97 Å². The van der Waals surface area contributed by atoms with Crippen molar-refractivity contribution in [1.82, 2.24) is 10.2 Å². The molecule has 1 aliphatic heterocycles. The van der Waals surface area contributed by atoms with Crippen LogP contribution in [0.15, 0.2) is 30.3 Å². The zero-order valence-electron chi connectivity index (χ0n) is 19.0. The maximum absolute atomic E-state index is 12.9. The molecule has 0 aromatic heterocycles. The van der Waals surface area contributed by atoms with Crippen molar-refractivity contribution >= 4 is 17.6 Å². The highest BCUT2D eigenvalue weighted by molar-refractivity contribution is 5.80. The van der Waals surface area contributed by atoms with Crippen LogP contribution in [0.5, 0.6) is 0 Å². The lowest BCUT2D eigenvalue weighted by Gasteiger charge is -2.38. The average Bonchev–Trinajstić information content (AvgIpc) is 3.17. The summed E-state index contributed by atoms with van der Waals surface area (Å²) in [5.41, 5.74) is 1.25. The Labute approximate surface area is 186 Å². The van der Waals surface area contributed by atoms with E-state index in [0.717, 1.165) is 38.8 Å². The van der Waals surface area contributed by atoms with E-state index in [2.05, 4.69) is 46.4 Å². The molecule has 1 heterocycles. The van der Waals surface area contributed by atoms with Crippen LogP contribution in [0.2, 0.25) is 0 Å². The molecule has 0 radical (unpaired) electrons. The number of methoxy groups -OCH3 is 1. The number of anilines is 1. The lowest BCUT2D eigenvalue weighted by Crippen LogP contribution is -2.50. The molecule has 2 saturated carbocycles. The zero-order chi connectivity index (χ0) is 21.8. The minimum Gasteiger partial charge on any atom is -0.469 e. The van der Waals surface area contributed by atoms with Gasteiger partial charge in [0, 0.05) is 37.9 Å². The van der Waals surface area contributed by atoms with E-state index in [0.29, 0.717) is 24.4 Å². The van der Waals surface area contributed by atoms with Crippen LogP contribution in [0.3, 0.4) is 0 Å². The van der Waals surface area contributed by atoms with Crippen molar-refractivity contribution < 1.29 is 14.3 Å². The Hall–Kier alpha value is -2.08. The van der Waals surface area contributed by atoms with Crippen molar-refractivity contribution in [2.75, 3.05) is 38.7 Å². The van der Waals surface area contributed by atoms with Crippen molar-refractivity contribution in [2.24, 2.45) is 17.8 Å². The molecule has 3 aliphatic rings. The van der Waals surface area contributed by atoms with Gasteiger partial charge in [0.25, 0.3) is 0 Å². The highest BCUT2D eigenvalue weighted by Gasteiger charge is 2.48. The van der Waals surface area contributed by atoms with E-state index in [9.17, 15) is 9.59 Å². The van der Waals surface area contributed by atoms with Crippen LogP contribution in [0, 0.1) is 17.8 Å². The first kappa shape index (κ1) is 22.1. The average molecular weight is 428 g/mol. The molecule has 3 fully saturated rings. The molecule has 31 heavy (non-hydrogen) atoms. The number of carbonyl (C=O) groups excluding carboxylic acids is 2. The highest BCUT2D eigenvalue weighted by Crippen LogP contribution is 2.45. The largest absolute Gasteiger partial charge is 0.469 e. The second-order valence-electron chi connectivity index (χ2n) is 9.62. The van der Waals surface area contributed by atoms with Crippen LogP contribution in [0.4, 0.5) is 5.69 Å². The zero-order valence-corrected chi connectivity index (χ0v) is 19.0. The number of likely N-dealkylation sites (tertiary alicyclic amines) is 1. The van der Waals surface area contributed by atoms with Crippen LogP contribution in [-0.4, -0.2) is 62.7 Å². The summed E-state index contributed by atoms with van der Waals surface area (Å²) in [7, 11) is 3.62. The minimum atomic E-state index is -0.188. The Morgan fingerprint density at radius 2 is 1.81 bits per heavy atom. The Morgan fingerprint density at radius 1 is 1.10 bits per heavy atom. The number of nitrogens with zero attached hydrogens (tertiary/aromatic N) is 2. The second-order valence-corrected chi connectivity index (χ2v) is 9.62. The highest BCUT2D eigenvalue weighted by atomic mass is 16.5. The Bertz CT molecular complexity index is 748. The summed E-state index contributed by atoms with van der Waals surface area (Å²) in [6, 6.07) is 10.9. The monoisotopic (exact) mass is 427 g/mol. The molecule has 2 aliphatic carbocycles. The first-order chi connectivity index (χ1) is 15.1. The SMILES string of the molecule is COC(=O)C1CC2CCCCC2C1NC(=O)CN1CCC(N(C)c2ccccc2)CC1. The summed E-state index contributed by atoms with van der Waals surface area (Å²) in [4.78, 5) is 29.9. The normalized spacial score (nSPS) is 29.2. The van der Waals surface area contributed by atoms with Crippen molar-refractivity contribution in [1.29, 1.82) is 0 Å². The molecule has 1 aromatic carbocycles. The number of carbonyl (C=O) groups is 2. The lowest BCUT2D eigenvalue weighted by molar-refractivity contribution is -0.146. The predicted octanol–water partition coefficient (Wildman–Crippen LogP) is 3.07. The number of piperidine rings is 1. The molecular formula is C25H37N3O3. The summed E-state index contributed by atoms with van der Waals surface area (Å²) in [6.07, 6.45) is 7.69. The summed E-state index contributed by atoms with van der Waals surface area (Å²) in [5, 5.41) is 3.26. The van der Waals surface area contributed by atoms with Gasteiger partial charge < -0.3 is 15.0 Å². The second kappa shape index (κ2) is 10.0. The first-order valence-electron chi connectivity index (χ1n) is 11.9. The van der Waals surface area contributed by atoms with Crippen LogP contribution in [0.25, 0.3) is 0 Å². The number of fused-ring (bicyclic) bond motifs is 1. The molecular weight excluding hydrogens is 390 g/mol. The molecule has 4 atom stereocenters. The number of benzene rings is 1. The van der Waals surface area contributed by atoms with Gasteiger partial charge in [-0.05, 0) is 49.7 Å². The molecule has 6 heteroatoms. The van der Waals surface area contributed by atoms with Crippen LogP contribution < -0.4 is 10.2 Å². The van der Waals surface area contributed by atoms with Gasteiger partial charge in [-0.25, -0.2) is 0 Å². The number of rotatable bonds is 6. The molecule has 1 aromatic rings. The number of amides is 1. The van der Waals surface area contributed by atoms with E-state index in [4.69, 9.17) is 4.74 Å². The number of hydrogen-bond acceptors (Lipinski definition) is 5. The number of para-hydroxylation sites is 1. The molecule has 1 amide bonds. The van der Waals surface area contributed by atoms with Crippen molar-refractivity contribution in [2.45, 2.75) is 57.0 Å². The fraction of sp³-hybridized carbons (Fsp3) is 0.680. The number of hydrogen-bond donors (Lipinski definition) is 1. The number of ether oxygens (including phenoxy) is 1. The van der Waals surface area contributed by atoms with E-state index in [-0.39, 0.29) is 23.8 Å². The van der Waals surface area contributed by atoms with Crippen LogP contribution in [0.1, 0.15) is 44.9 Å². The maximum atomic E-state index is 12.9. The van der Waals surface area contributed by atoms with Crippen LogP contribution >= 0.6 is 0 Å². The molecule has 0 spiro atoms. The van der Waals surface area contributed by atoms with Gasteiger partial charge in [-0.2, -0.15) is 0 Å². The molecule has 4 unspecified atom stereocenters. The molecule has 170 valence electrons. The number of nitrogens with one attached hydrogen (secondary N) is 1. The van der Waals surface area contributed by atoms with Crippen molar-refractivity contribution in [3.63, 3.8) is 0 Å². The van der Waals surface area contributed by atoms with E-state index in [1.54, 1.807) is 0 Å². The quantitative estimate of drug-likeness (QED) is 0.707. The Kier molecular flexibility index (Phi) is 7.16. The third kappa shape index (κ3) is 5.05. The summed E-state index contributed by atoms with van der Waals surface area (Å²) >= 11 is 0. The fourth-order valence-electron chi connectivity index (χ4n) is 6.15. The first-order valence-corrected chi connectivity index (χ1v) is 11.9. The van der Waals surface area contributed by atoms with E-state index >= 15 is 0 Å². The molecule has 1 N–H and O–H groups in total. The van der Waals surface area contributed by atoms with Crippen molar-refractivity contribution in [3.05, 3.63) is 30.3 Å². The lowest BCUT2D eigenvalue weighted by atomic mass is 9.80. The van der Waals surface area contributed by atoms with Crippen LogP contribution in [-0.2, 0) is 14.3 Å². The van der Waals surface area contributed by atoms with Gasteiger partial charge in [-0.1, -0.05) is 37.5 Å². The van der Waals surface area contributed by atoms with Gasteiger partial charge in [0.05, 0.1) is 19.6 Å². The predicted molar refractivity (Wildman–Crippen MR) is 122 cm³/mol. The standard InChI is InChI=1S/C25H37N3O3/c1-27(19-9-4-3-5-10-19)20-12-14-28(15-13-20)17-23(29)26-24-21-11-7-6-8-18(21)16-22(24)25(30)31-2/h3-5,9-10,18,20-22,24H,6-8,11-17H2,1-2H3,(H,26,29).